The van der Waals surface area contributed by atoms with Gasteiger partial charge in [0.25, 0.3) is 0 Å². The van der Waals surface area contributed by atoms with Crippen LogP contribution >= 0.6 is 0 Å². The molecule has 0 bridgehead atoms. The molecule has 2 heteroatoms. The van der Waals surface area contributed by atoms with Crippen molar-refractivity contribution in [1.29, 1.82) is 0 Å². The second-order valence-corrected chi connectivity index (χ2v) is 16.8. The van der Waals surface area contributed by atoms with E-state index in [9.17, 15) is 0 Å². The molecule has 0 aliphatic carbocycles. The number of aryl methyl sites for hydroxylation is 2. The van der Waals surface area contributed by atoms with E-state index in [1.54, 1.807) is 0 Å². The largest absolute Gasteiger partial charge is 0.244 e. The first kappa shape index (κ1) is 29.7. The Bertz CT molecular complexity index is 3200. The molecule has 10 aromatic carbocycles. The monoisotopic (exact) mass is 702 g/mol. The van der Waals surface area contributed by atoms with Crippen LogP contribution in [-0.2, 0) is 0 Å². The van der Waals surface area contributed by atoms with Gasteiger partial charge in [-0.1, -0.05) is 166 Å². The van der Waals surface area contributed by atoms with E-state index >= 15 is 0 Å². The molecule has 254 valence electrons. The summed E-state index contributed by atoms with van der Waals surface area (Å²) in [5.41, 5.74) is 27.7. The minimum Gasteiger partial charge on any atom is -0.0664 e. The van der Waals surface area contributed by atoms with E-state index in [2.05, 4.69) is 172 Å². The van der Waals surface area contributed by atoms with Crippen LogP contribution in [0.2, 0.25) is 0 Å². The first-order valence-electron chi connectivity index (χ1n) is 20.1. The van der Waals surface area contributed by atoms with Crippen LogP contribution in [0.25, 0.3) is 99.1 Å². The predicted molar refractivity (Wildman–Crippen MR) is 242 cm³/mol. The summed E-state index contributed by atoms with van der Waals surface area (Å²) in [6, 6.07) is 60.6. The van der Waals surface area contributed by atoms with Crippen molar-refractivity contribution in [3.05, 3.63) is 169 Å². The lowest BCUT2D eigenvalue weighted by Crippen LogP contribution is -2.53. The Hall–Kier alpha value is -6.63. The lowest BCUT2D eigenvalue weighted by Gasteiger charge is -2.32. The average molecular weight is 702 g/mol. The lowest BCUT2D eigenvalue weighted by molar-refractivity contribution is 1.52. The van der Waals surface area contributed by atoms with Gasteiger partial charge >= 0.3 is 0 Å². The van der Waals surface area contributed by atoms with Crippen LogP contribution in [-0.4, -0.2) is 13.4 Å². The second kappa shape index (κ2) is 10.2. The summed E-state index contributed by atoms with van der Waals surface area (Å²) in [5.74, 6) is 0. The molecule has 0 unspecified atom stereocenters. The Morgan fingerprint density at radius 3 is 1.09 bits per heavy atom. The fourth-order valence-electron chi connectivity index (χ4n) is 11.9. The summed E-state index contributed by atoms with van der Waals surface area (Å²) in [4.78, 5) is 0. The Balaban J connectivity index is 1.16. The zero-order chi connectivity index (χ0) is 36.6. The standard InChI is InChI=1S/C54H32B2/c1-29-21-39-43-25-33(31-13-5-3-6-14-31)23-41-35-17-10-12-20-46(35)56(53(41)43)48-28-38-30(2)22-40-44-26-34(32-15-7-4-8-16-32)24-42-36-18-9-11-19-45(36)55(54(42)44)47-27-37(29)51(49(39)48)52(38)50(40)47/h3-28H,1-2H3. The average Bonchev–Trinajstić information content (AvgIpc) is 3.76. The molecular formula is C54H32B2. The fourth-order valence-corrected chi connectivity index (χ4v) is 11.9. The third-order valence-corrected chi connectivity index (χ3v) is 14.1. The number of fused-ring (bicyclic) bond motifs is 10. The summed E-state index contributed by atoms with van der Waals surface area (Å²) < 4.78 is 0. The molecule has 0 aromatic heterocycles. The summed E-state index contributed by atoms with van der Waals surface area (Å²) in [7, 11) is 0. The molecule has 0 saturated carbocycles. The quantitative estimate of drug-likeness (QED) is 0.124. The molecule has 0 fully saturated rings. The van der Waals surface area contributed by atoms with Crippen molar-refractivity contribution >= 4 is 78.5 Å². The van der Waals surface area contributed by atoms with Crippen molar-refractivity contribution in [2.45, 2.75) is 13.8 Å². The van der Waals surface area contributed by atoms with Crippen molar-refractivity contribution in [2.75, 3.05) is 0 Å². The summed E-state index contributed by atoms with van der Waals surface area (Å²) in [6.45, 7) is 5.13. The van der Waals surface area contributed by atoms with Crippen LogP contribution in [0.3, 0.4) is 0 Å². The summed E-state index contributed by atoms with van der Waals surface area (Å²) in [6.07, 6.45) is 0. The van der Waals surface area contributed by atoms with E-state index < -0.39 is 0 Å². The van der Waals surface area contributed by atoms with E-state index in [4.69, 9.17) is 0 Å². The zero-order valence-corrected chi connectivity index (χ0v) is 31.2. The maximum absolute atomic E-state index is 2.62. The Morgan fingerprint density at radius 2 is 0.661 bits per heavy atom. The third-order valence-electron chi connectivity index (χ3n) is 14.1. The molecule has 10 aromatic rings. The SMILES string of the molecule is Cc1cc2c3c(cc4c(C)cc5c6c(cc1c3c46)B1c3ccccc3-c3cc(-c4ccccc4)cc-5c31)B1c3ccccc3-c3cc(-c4ccccc4)cc-2c31. The topological polar surface area (TPSA) is 0 Å². The van der Waals surface area contributed by atoms with Gasteiger partial charge in [-0.3, -0.25) is 0 Å². The van der Waals surface area contributed by atoms with Crippen LogP contribution in [0.4, 0.5) is 0 Å². The number of benzene rings is 10. The summed E-state index contributed by atoms with van der Waals surface area (Å²) in [5, 5.41) is 8.60. The van der Waals surface area contributed by atoms with Gasteiger partial charge in [-0.25, -0.2) is 0 Å². The van der Waals surface area contributed by atoms with Gasteiger partial charge in [0.05, 0.1) is 0 Å². The highest BCUT2D eigenvalue weighted by molar-refractivity contribution is 7.03. The van der Waals surface area contributed by atoms with Crippen LogP contribution < -0.4 is 32.8 Å². The van der Waals surface area contributed by atoms with Gasteiger partial charge < -0.3 is 0 Å². The first-order valence-corrected chi connectivity index (χ1v) is 20.1. The zero-order valence-electron chi connectivity index (χ0n) is 31.2. The molecule has 0 saturated heterocycles. The first-order chi connectivity index (χ1) is 27.6. The number of rotatable bonds is 2. The van der Waals surface area contributed by atoms with Gasteiger partial charge in [0.15, 0.2) is 0 Å². The van der Waals surface area contributed by atoms with Gasteiger partial charge in [-0.15, -0.1) is 0 Å². The highest BCUT2D eigenvalue weighted by Gasteiger charge is 2.44. The number of hydrogen-bond acceptors (Lipinski definition) is 0. The van der Waals surface area contributed by atoms with Crippen LogP contribution in [0.5, 0.6) is 0 Å². The van der Waals surface area contributed by atoms with Crippen LogP contribution in [0.1, 0.15) is 11.1 Å². The van der Waals surface area contributed by atoms with Gasteiger partial charge in [0.2, 0.25) is 13.4 Å². The maximum Gasteiger partial charge on any atom is 0.244 e. The molecule has 0 amide bonds. The van der Waals surface area contributed by atoms with Crippen molar-refractivity contribution < 1.29 is 0 Å². The molecule has 4 heterocycles. The lowest BCUT2D eigenvalue weighted by atomic mass is 9.34. The van der Waals surface area contributed by atoms with Crippen LogP contribution in [0.15, 0.2) is 158 Å². The van der Waals surface area contributed by atoms with Crippen molar-refractivity contribution in [3.8, 4) is 66.8 Å². The smallest absolute Gasteiger partial charge is 0.0664 e. The molecular weight excluding hydrogens is 670 g/mol. The Labute approximate surface area is 326 Å². The van der Waals surface area contributed by atoms with E-state index in [1.807, 2.05) is 0 Å². The van der Waals surface area contributed by atoms with Crippen LogP contribution in [0, 0.1) is 13.8 Å². The highest BCUT2D eigenvalue weighted by atomic mass is 14.3. The molecule has 0 radical (unpaired) electrons. The molecule has 0 nitrogen and oxygen atoms in total. The van der Waals surface area contributed by atoms with E-state index in [1.165, 1.54) is 143 Å². The Kier molecular flexibility index (Phi) is 5.39. The minimum absolute atomic E-state index is 0.202. The second-order valence-electron chi connectivity index (χ2n) is 16.8. The van der Waals surface area contributed by atoms with Gasteiger partial charge in [-0.2, -0.15) is 0 Å². The maximum atomic E-state index is 2.62. The molecule has 14 rings (SSSR count). The Morgan fingerprint density at radius 1 is 0.286 bits per heavy atom. The normalized spacial score (nSPS) is 13.5. The van der Waals surface area contributed by atoms with Gasteiger partial charge in [0.1, 0.15) is 0 Å². The molecule has 4 aliphatic heterocycles. The van der Waals surface area contributed by atoms with Crippen molar-refractivity contribution in [3.63, 3.8) is 0 Å². The van der Waals surface area contributed by atoms with Crippen molar-refractivity contribution in [2.24, 2.45) is 0 Å². The van der Waals surface area contributed by atoms with Crippen molar-refractivity contribution in [1.82, 2.24) is 0 Å². The van der Waals surface area contributed by atoms with E-state index in [0.29, 0.717) is 0 Å². The highest BCUT2D eigenvalue weighted by Crippen LogP contribution is 2.49. The molecule has 0 N–H and O–H groups in total. The third kappa shape index (κ3) is 3.47. The number of hydrogen-bond donors (Lipinski definition) is 0. The fraction of sp³-hybridized carbons (Fsp3) is 0.0370. The molecule has 56 heavy (non-hydrogen) atoms. The van der Waals surface area contributed by atoms with Gasteiger partial charge in [0, 0.05) is 0 Å². The molecule has 4 aliphatic rings. The van der Waals surface area contributed by atoms with Gasteiger partial charge in [-0.05, 0) is 148 Å². The minimum atomic E-state index is 0.202. The molecule has 0 spiro atoms. The van der Waals surface area contributed by atoms with E-state index in [0.717, 1.165) is 0 Å². The molecule has 0 atom stereocenters. The predicted octanol–water partition coefficient (Wildman–Crippen LogP) is 9.49. The summed E-state index contributed by atoms with van der Waals surface area (Å²) >= 11 is 0. The van der Waals surface area contributed by atoms with E-state index in [-0.39, 0.29) is 13.4 Å².